The van der Waals surface area contributed by atoms with Gasteiger partial charge < -0.3 is 10.4 Å². The van der Waals surface area contributed by atoms with Gasteiger partial charge in [-0.1, -0.05) is 28.8 Å². The Balaban J connectivity index is 2.16. The summed E-state index contributed by atoms with van der Waals surface area (Å²) in [5, 5.41) is 12.4. The van der Waals surface area contributed by atoms with Crippen LogP contribution in [0.4, 0.5) is 13.2 Å². The molecular formula is C14H15BrF3NO2. The number of aliphatic hydroxyl groups is 1. The van der Waals surface area contributed by atoms with E-state index in [9.17, 15) is 23.1 Å². The summed E-state index contributed by atoms with van der Waals surface area (Å²) in [4.78, 5) is 12.0. The Morgan fingerprint density at radius 2 is 1.95 bits per heavy atom. The zero-order valence-corrected chi connectivity index (χ0v) is 12.7. The molecule has 1 amide bonds. The predicted octanol–water partition coefficient (Wildman–Crippen LogP) is 3.50. The summed E-state index contributed by atoms with van der Waals surface area (Å²) in [6.07, 6.45) is -2.16. The maximum absolute atomic E-state index is 12.8. The van der Waals surface area contributed by atoms with E-state index in [0.717, 1.165) is 18.9 Å². The van der Waals surface area contributed by atoms with E-state index in [0.29, 0.717) is 12.8 Å². The quantitative estimate of drug-likeness (QED) is 0.842. The summed E-state index contributed by atoms with van der Waals surface area (Å²) in [5.41, 5.74) is -0.956. The van der Waals surface area contributed by atoms with Crippen LogP contribution in [0, 0.1) is 0 Å². The molecule has 1 aliphatic rings. The number of carbonyl (C=O) groups is 1. The Bertz CT molecular complexity index is 533. The van der Waals surface area contributed by atoms with Crippen molar-refractivity contribution in [3.8, 4) is 0 Å². The van der Waals surface area contributed by atoms with Crippen molar-refractivity contribution in [2.45, 2.75) is 44.0 Å². The van der Waals surface area contributed by atoms with Crippen molar-refractivity contribution in [1.29, 1.82) is 0 Å². The number of nitrogens with one attached hydrogen (secondary N) is 1. The fraction of sp³-hybridized carbons (Fsp3) is 0.500. The second kappa shape index (κ2) is 6.36. The van der Waals surface area contributed by atoms with Gasteiger partial charge in [0.05, 0.1) is 17.7 Å². The third-order valence-corrected chi connectivity index (χ3v) is 4.27. The first-order valence-electron chi connectivity index (χ1n) is 6.64. The van der Waals surface area contributed by atoms with Gasteiger partial charge in [0, 0.05) is 10.0 Å². The normalized spacial score (nSPS) is 22.9. The molecular weight excluding hydrogens is 351 g/mol. The molecule has 0 aliphatic heterocycles. The van der Waals surface area contributed by atoms with Crippen LogP contribution in [0.2, 0.25) is 0 Å². The van der Waals surface area contributed by atoms with E-state index in [1.807, 2.05) is 0 Å². The Labute approximate surface area is 128 Å². The molecule has 116 valence electrons. The minimum absolute atomic E-state index is 0.0664. The molecule has 1 fully saturated rings. The number of halogens is 4. The van der Waals surface area contributed by atoms with E-state index in [2.05, 4.69) is 21.2 Å². The number of carbonyl (C=O) groups excluding carboxylic acids is 1. The van der Waals surface area contributed by atoms with Crippen molar-refractivity contribution >= 4 is 21.8 Å². The first-order valence-corrected chi connectivity index (χ1v) is 7.44. The van der Waals surface area contributed by atoms with Gasteiger partial charge in [0.25, 0.3) is 5.91 Å². The molecule has 2 atom stereocenters. The van der Waals surface area contributed by atoms with Gasteiger partial charge in [-0.15, -0.1) is 0 Å². The molecule has 0 spiro atoms. The van der Waals surface area contributed by atoms with E-state index in [-0.39, 0.29) is 10.0 Å². The Kier molecular flexibility index (Phi) is 4.93. The number of rotatable bonds is 2. The molecule has 0 heterocycles. The predicted molar refractivity (Wildman–Crippen MR) is 74.9 cm³/mol. The fourth-order valence-electron chi connectivity index (χ4n) is 2.42. The zero-order valence-electron chi connectivity index (χ0n) is 11.1. The van der Waals surface area contributed by atoms with Gasteiger partial charge in [0.15, 0.2) is 0 Å². The van der Waals surface area contributed by atoms with Crippen molar-refractivity contribution in [3.05, 3.63) is 33.8 Å². The fourth-order valence-corrected chi connectivity index (χ4v) is 2.89. The molecule has 1 aliphatic carbocycles. The molecule has 0 aromatic heterocycles. The molecule has 3 nitrogen and oxygen atoms in total. The molecule has 0 saturated heterocycles. The minimum Gasteiger partial charge on any atom is -0.391 e. The molecule has 1 aromatic rings. The highest BCUT2D eigenvalue weighted by atomic mass is 79.9. The summed E-state index contributed by atoms with van der Waals surface area (Å²) in [6, 6.07) is 2.94. The molecule has 7 heteroatoms. The van der Waals surface area contributed by atoms with Gasteiger partial charge in [-0.2, -0.15) is 13.2 Å². The molecule has 1 aromatic carbocycles. The van der Waals surface area contributed by atoms with Gasteiger partial charge in [0.1, 0.15) is 0 Å². The van der Waals surface area contributed by atoms with Gasteiger partial charge >= 0.3 is 6.18 Å². The lowest BCUT2D eigenvalue weighted by atomic mass is 9.92. The standard InChI is InChI=1S/C14H15BrF3NO2/c15-10-6-5-8(7-9(10)14(16,17)18)13(21)19-11-3-1-2-4-12(11)20/h5-7,11-12,20H,1-4H2,(H,19,21). The van der Waals surface area contributed by atoms with Crippen LogP contribution in [0.5, 0.6) is 0 Å². The highest BCUT2D eigenvalue weighted by Gasteiger charge is 2.34. The highest BCUT2D eigenvalue weighted by Crippen LogP contribution is 2.35. The van der Waals surface area contributed by atoms with Crippen molar-refractivity contribution in [2.75, 3.05) is 0 Å². The monoisotopic (exact) mass is 365 g/mol. The van der Waals surface area contributed by atoms with Gasteiger partial charge in [-0.05, 0) is 31.0 Å². The van der Waals surface area contributed by atoms with Crippen LogP contribution in [0.1, 0.15) is 41.6 Å². The maximum Gasteiger partial charge on any atom is 0.417 e. The smallest absolute Gasteiger partial charge is 0.391 e. The molecule has 0 bridgehead atoms. The molecule has 2 unspecified atom stereocenters. The van der Waals surface area contributed by atoms with Crippen molar-refractivity contribution in [1.82, 2.24) is 5.32 Å². The van der Waals surface area contributed by atoms with E-state index >= 15 is 0 Å². The summed E-state index contributed by atoms with van der Waals surface area (Å²) in [5.74, 6) is -0.598. The van der Waals surface area contributed by atoms with E-state index in [1.165, 1.54) is 12.1 Å². The van der Waals surface area contributed by atoms with Crippen molar-refractivity contribution in [2.24, 2.45) is 0 Å². The Morgan fingerprint density at radius 3 is 2.57 bits per heavy atom. The summed E-state index contributed by atoms with van der Waals surface area (Å²) >= 11 is 2.83. The van der Waals surface area contributed by atoms with E-state index in [4.69, 9.17) is 0 Å². The van der Waals surface area contributed by atoms with Crippen LogP contribution in [0.15, 0.2) is 22.7 Å². The number of benzene rings is 1. The SMILES string of the molecule is O=C(NC1CCCCC1O)c1ccc(Br)c(C(F)(F)F)c1. The Hall–Kier alpha value is -1.08. The third kappa shape index (κ3) is 3.97. The van der Waals surface area contributed by atoms with Crippen LogP contribution >= 0.6 is 15.9 Å². The number of hydrogen-bond donors (Lipinski definition) is 2. The molecule has 2 rings (SSSR count). The average Bonchev–Trinajstić information content (AvgIpc) is 2.40. The summed E-state index contributed by atoms with van der Waals surface area (Å²) in [7, 11) is 0. The first kappa shape index (κ1) is 16.3. The van der Waals surface area contributed by atoms with E-state index in [1.54, 1.807) is 0 Å². The van der Waals surface area contributed by atoms with Gasteiger partial charge in [0.2, 0.25) is 0 Å². The summed E-state index contributed by atoms with van der Waals surface area (Å²) < 4.78 is 38.3. The second-order valence-corrected chi connectivity index (χ2v) is 5.98. The lowest BCUT2D eigenvalue weighted by Gasteiger charge is -2.28. The van der Waals surface area contributed by atoms with Crippen molar-refractivity contribution in [3.63, 3.8) is 0 Å². The van der Waals surface area contributed by atoms with Crippen LogP contribution in [0.25, 0.3) is 0 Å². The largest absolute Gasteiger partial charge is 0.417 e. The maximum atomic E-state index is 12.8. The van der Waals surface area contributed by atoms with Crippen LogP contribution in [-0.2, 0) is 6.18 Å². The number of hydrogen-bond acceptors (Lipinski definition) is 2. The number of aliphatic hydroxyl groups excluding tert-OH is 1. The van der Waals surface area contributed by atoms with Gasteiger partial charge in [-0.3, -0.25) is 4.79 Å². The second-order valence-electron chi connectivity index (χ2n) is 5.12. The van der Waals surface area contributed by atoms with Crippen molar-refractivity contribution < 1.29 is 23.1 Å². The lowest BCUT2D eigenvalue weighted by molar-refractivity contribution is -0.138. The average molecular weight is 366 g/mol. The Morgan fingerprint density at radius 1 is 1.29 bits per heavy atom. The topological polar surface area (TPSA) is 49.3 Å². The highest BCUT2D eigenvalue weighted by molar-refractivity contribution is 9.10. The molecule has 21 heavy (non-hydrogen) atoms. The lowest BCUT2D eigenvalue weighted by Crippen LogP contribution is -2.45. The van der Waals surface area contributed by atoms with Gasteiger partial charge in [-0.25, -0.2) is 0 Å². The minimum atomic E-state index is -4.53. The number of amides is 1. The molecule has 1 saturated carbocycles. The molecule has 0 radical (unpaired) electrons. The summed E-state index contributed by atoms with van der Waals surface area (Å²) in [6.45, 7) is 0. The third-order valence-electron chi connectivity index (χ3n) is 3.58. The number of alkyl halides is 3. The van der Waals surface area contributed by atoms with E-state index < -0.39 is 29.8 Å². The molecule has 2 N–H and O–H groups in total. The van der Waals surface area contributed by atoms with Crippen LogP contribution in [-0.4, -0.2) is 23.2 Å². The van der Waals surface area contributed by atoms with Crippen LogP contribution in [0.3, 0.4) is 0 Å². The van der Waals surface area contributed by atoms with Crippen LogP contribution < -0.4 is 5.32 Å². The zero-order chi connectivity index (χ0) is 15.6. The first-order chi connectivity index (χ1) is 9.79.